The summed E-state index contributed by atoms with van der Waals surface area (Å²) in [5, 5.41) is 0. The van der Waals surface area contributed by atoms with Crippen molar-refractivity contribution < 1.29 is 14.3 Å². The first kappa shape index (κ1) is 15.1. The van der Waals surface area contributed by atoms with Crippen LogP contribution in [0.5, 0.6) is 11.5 Å². The van der Waals surface area contributed by atoms with Crippen LogP contribution in [0.3, 0.4) is 0 Å². The fourth-order valence-corrected chi connectivity index (χ4v) is 3.52. The number of hydrogen-bond donors (Lipinski definition) is 0. The van der Waals surface area contributed by atoms with Gasteiger partial charge in [-0.2, -0.15) is 0 Å². The maximum absolute atomic E-state index is 12.9. The highest BCUT2D eigenvalue weighted by Gasteiger charge is 2.30. The van der Waals surface area contributed by atoms with Gasteiger partial charge in [0.15, 0.2) is 11.5 Å². The topological polar surface area (TPSA) is 38.8 Å². The third-order valence-electron chi connectivity index (χ3n) is 4.64. The smallest absolute Gasteiger partial charge is 0.231 e. The number of hydrogen-bond acceptors (Lipinski definition) is 3. The molecule has 0 fully saturated rings. The summed E-state index contributed by atoms with van der Waals surface area (Å²) in [5.74, 6) is 1.64. The quantitative estimate of drug-likeness (QED) is 0.850. The molecule has 4 rings (SSSR count). The molecule has 1 unspecified atom stereocenters. The number of rotatable bonds is 2. The van der Waals surface area contributed by atoms with Crippen LogP contribution in [0.15, 0.2) is 42.5 Å². The molecule has 2 heterocycles. The minimum Gasteiger partial charge on any atom is -0.490 e. The third kappa shape index (κ3) is 2.73. The second-order valence-electron chi connectivity index (χ2n) is 6.45. The summed E-state index contributed by atoms with van der Waals surface area (Å²) in [6.07, 6.45) is 2.17. The molecule has 2 aromatic rings. The van der Waals surface area contributed by atoms with E-state index in [0.29, 0.717) is 19.6 Å². The second kappa shape index (κ2) is 6.19. The molecule has 1 amide bonds. The summed E-state index contributed by atoms with van der Waals surface area (Å²) in [4.78, 5) is 14.8. The number of carbonyl (C=O) groups is 1. The SMILES string of the molecule is CC1Cc2ccccc2N1C(=O)Cc1ccc2c(c1)OCCCO2. The Kier molecular flexibility index (Phi) is 3.89. The van der Waals surface area contributed by atoms with Gasteiger partial charge in [0, 0.05) is 18.2 Å². The van der Waals surface area contributed by atoms with Gasteiger partial charge in [0.25, 0.3) is 0 Å². The highest BCUT2D eigenvalue weighted by atomic mass is 16.5. The summed E-state index contributed by atoms with van der Waals surface area (Å²) in [6.45, 7) is 3.43. The Morgan fingerprint density at radius 1 is 1.12 bits per heavy atom. The summed E-state index contributed by atoms with van der Waals surface area (Å²) in [7, 11) is 0. The molecule has 2 aliphatic rings. The molecular formula is C20H21NO3. The maximum atomic E-state index is 12.9. The zero-order valence-corrected chi connectivity index (χ0v) is 13.8. The zero-order valence-electron chi connectivity index (χ0n) is 13.8. The lowest BCUT2D eigenvalue weighted by Crippen LogP contribution is -2.36. The lowest BCUT2D eigenvalue weighted by molar-refractivity contribution is -0.118. The highest BCUT2D eigenvalue weighted by Crippen LogP contribution is 2.34. The van der Waals surface area contributed by atoms with E-state index in [9.17, 15) is 4.79 Å². The summed E-state index contributed by atoms with van der Waals surface area (Å²) in [5.41, 5.74) is 3.25. The Hall–Kier alpha value is -2.49. The highest BCUT2D eigenvalue weighted by molar-refractivity contribution is 5.97. The Morgan fingerprint density at radius 3 is 2.79 bits per heavy atom. The van der Waals surface area contributed by atoms with Gasteiger partial charge in [-0.25, -0.2) is 0 Å². The fraction of sp³-hybridized carbons (Fsp3) is 0.350. The van der Waals surface area contributed by atoms with Gasteiger partial charge in [-0.1, -0.05) is 24.3 Å². The number of nitrogens with zero attached hydrogens (tertiary/aromatic N) is 1. The number of benzene rings is 2. The van der Waals surface area contributed by atoms with Crippen molar-refractivity contribution in [1.82, 2.24) is 0 Å². The van der Waals surface area contributed by atoms with E-state index >= 15 is 0 Å². The zero-order chi connectivity index (χ0) is 16.5. The first-order valence-corrected chi connectivity index (χ1v) is 8.51. The van der Waals surface area contributed by atoms with Gasteiger partial charge in [-0.3, -0.25) is 4.79 Å². The Balaban J connectivity index is 1.55. The predicted octanol–water partition coefficient (Wildman–Crippen LogP) is 3.37. The Labute approximate surface area is 142 Å². The molecule has 0 aliphatic carbocycles. The third-order valence-corrected chi connectivity index (χ3v) is 4.64. The number of para-hydroxylation sites is 1. The fourth-order valence-electron chi connectivity index (χ4n) is 3.52. The average molecular weight is 323 g/mol. The number of fused-ring (bicyclic) bond motifs is 2. The molecule has 2 aliphatic heterocycles. The van der Waals surface area contributed by atoms with Crippen LogP contribution in [0.2, 0.25) is 0 Å². The van der Waals surface area contributed by atoms with Crippen LogP contribution in [-0.4, -0.2) is 25.2 Å². The molecule has 0 N–H and O–H groups in total. The average Bonchev–Trinajstić information content (AvgIpc) is 2.75. The molecule has 0 saturated carbocycles. The maximum Gasteiger partial charge on any atom is 0.231 e. The van der Waals surface area contributed by atoms with Crippen LogP contribution in [-0.2, 0) is 17.6 Å². The molecule has 0 saturated heterocycles. The van der Waals surface area contributed by atoms with Gasteiger partial charge in [0.2, 0.25) is 5.91 Å². The van der Waals surface area contributed by atoms with Crippen LogP contribution in [0.25, 0.3) is 0 Å². The standard InChI is InChI=1S/C20H21NO3/c1-14-11-16-5-2-3-6-17(16)21(14)20(22)13-15-7-8-18-19(12-15)24-10-4-9-23-18/h2-3,5-8,12,14H,4,9-11,13H2,1H3. The van der Waals surface area contributed by atoms with Gasteiger partial charge in [0.1, 0.15) is 0 Å². The number of carbonyl (C=O) groups excluding carboxylic acids is 1. The van der Waals surface area contributed by atoms with Gasteiger partial charge < -0.3 is 14.4 Å². The van der Waals surface area contributed by atoms with Crippen molar-refractivity contribution in [1.29, 1.82) is 0 Å². The lowest BCUT2D eigenvalue weighted by atomic mass is 10.1. The summed E-state index contributed by atoms with van der Waals surface area (Å²) >= 11 is 0. The van der Waals surface area contributed by atoms with Crippen molar-refractivity contribution in [3.63, 3.8) is 0 Å². The van der Waals surface area contributed by atoms with Crippen molar-refractivity contribution >= 4 is 11.6 Å². The van der Waals surface area contributed by atoms with E-state index in [1.54, 1.807) is 0 Å². The van der Waals surface area contributed by atoms with Crippen molar-refractivity contribution in [2.24, 2.45) is 0 Å². The van der Waals surface area contributed by atoms with Crippen molar-refractivity contribution in [3.8, 4) is 11.5 Å². The van der Waals surface area contributed by atoms with Gasteiger partial charge in [-0.15, -0.1) is 0 Å². The van der Waals surface area contributed by atoms with Crippen LogP contribution in [0, 0.1) is 0 Å². The molecule has 0 spiro atoms. The molecule has 2 aromatic carbocycles. The van der Waals surface area contributed by atoms with Crippen molar-refractivity contribution in [2.45, 2.75) is 32.2 Å². The lowest BCUT2D eigenvalue weighted by Gasteiger charge is -2.23. The van der Waals surface area contributed by atoms with E-state index in [4.69, 9.17) is 9.47 Å². The van der Waals surface area contributed by atoms with Gasteiger partial charge >= 0.3 is 0 Å². The molecule has 24 heavy (non-hydrogen) atoms. The normalized spacial score (nSPS) is 18.9. The molecule has 4 nitrogen and oxygen atoms in total. The minimum absolute atomic E-state index is 0.127. The first-order chi connectivity index (χ1) is 11.7. The van der Waals surface area contributed by atoms with Crippen molar-refractivity contribution in [3.05, 3.63) is 53.6 Å². The van der Waals surface area contributed by atoms with Gasteiger partial charge in [-0.05, 0) is 42.7 Å². The predicted molar refractivity (Wildman–Crippen MR) is 92.8 cm³/mol. The van der Waals surface area contributed by atoms with Crippen molar-refractivity contribution in [2.75, 3.05) is 18.1 Å². The van der Waals surface area contributed by atoms with Crippen LogP contribution < -0.4 is 14.4 Å². The van der Waals surface area contributed by atoms with E-state index in [1.807, 2.05) is 41.3 Å². The summed E-state index contributed by atoms with van der Waals surface area (Å²) in [6, 6.07) is 14.2. The van der Waals surface area contributed by atoms with E-state index in [2.05, 4.69) is 13.0 Å². The van der Waals surface area contributed by atoms with E-state index in [0.717, 1.165) is 35.6 Å². The molecular weight excluding hydrogens is 302 g/mol. The molecule has 0 bridgehead atoms. The largest absolute Gasteiger partial charge is 0.490 e. The van der Waals surface area contributed by atoms with E-state index in [-0.39, 0.29) is 11.9 Å². The van der Waals surface area contributed by atoms with E-state index < -0.39 is 0 Å². The molecule has 1 atom stereocenters. The number of ether oxygens (including phenoxy) is 2. The monoisotopic (exact) mass is 323 g/mol. The van der Waals surface area contributed by atoms with Gasteiger partial charge in [0.05, 0.1) is 19.6 Å². The van der Waals surface area contributed by atoms with Crippen LogP contribution in [0.4, 0.5) is 5.69 Å². The molecule has 0 radical (unpaired) electrons. The minimum atomic E-state index is 0.127. The molecule has 0 aromatic heterocycles. The second-order valence-corrected chi connectivity index (χ2v) is 6.45. The van der Waals surface area contributed by atoms with E-state index in [1.165, 1.54) is 5.56 Å². The first-order valence-electron chi connectivity index (χ1n) is 8.51. The number of anilines is 1. The van der Waals surface area contributed by atoms with Crippen LogP contribution in [0.1, 0.15) is 24.5 Å². The van der Waals surface area contributed by atoms with Crippen LogP contribution >= 0.6 is 0 Å². The Morgan fingerprint density at radius 2 is 1.92 bits per heavy atom. The number of amides is 1. The molecule has 124 valence electrons. The Bertz CT molecular complexity index is 771. The summed E-state index contributed by atoms with van der Waals surface area (Å²) < 4.78 is 11.4. The molecule has 4 heteroatoms.